The number of ether oxygens (including phenoxy) is 1. The number of hydrogen-bond donors (Lipinski definition) is 2. The second-order valence-corrected chi connectivity index (χ2v) is 5.95. The summed E-state index contributed by atoms with van der Waals surface area (Å²) in [4.78, 5) is 12.6. The first-order chi connectivity index (χ1) is 10.1. The molecule has 1 aromatic rings. The number of carbonyl (C=O) groups excluding carboxylic acids is 1. The van der Waals surface area contributed by atoms with Gasteiger partial charge in [0.25, 0.3) is 5.91 Å². The Labute approximate surface area is 139 Å². The van der Waals surface area contributed by atoms with Crippen LogP contribution in [0.1, 0.15) is 30.9 Å². The minimum absolute atomic E-state index is 0. The molecule has 1 unspecified atom stereocenters. The zero-order valence-electron chi connectivity index (χ0n) is 13.6. The molecule has 0 saturated carbocycles. The number of aryl methyl sites for hydroxylation is 1. The maximum absolute atomic E-state index is 12.6. The molecule has 2 rings (SSSR count). The van der Waals surface area contributed by atoms with Gasteiger partial charge in [-0.05, 0) is 57.3 Å². The number of carbonyl (C=O) groups is 1. The van der Waals surface area contributed by atoms with E-state index in [1.807, 2.05) is 12.1 Å². The highest BCUT2D eigenvalue weighted by atomic mass is 35.5. The van der Waals surface area contributed by atoms with Crippen LogP contribution < -0.4 is 10.6 Å². The Morgan fingerprint density at radius 1 is 1.36 bits per heavy atom. The standard InChI is InChI=1S/C17H26N2O2.ClH/c1-13-6-4-5-7-15(13)12-14(2)19-16(20)17(21-3)8-10-18-11-9-17;/h4-7,14,18H,8-12H2,1-3H3,(H,19,20);1H. The molecule has 0 aromatic heterocycles. The highest BCUT2D eigenvalue weighted by molar-refractivity contribution is 5.86. The van der Waals surface area contributed by atoms with E-state index in [2.05, 4.69) is 36.6 Å². The van der Waals surface area contributed by atoms with Gasteiger partial charge in [0.15, 0.2) is 0 Å². The summed E-state index contributed by atoms with van der Waals surface area (Å²) < 4.78 is 5.56. The van der Waals surface area contributed by atoms with Gasteiger partial charge in [0, 0.05) is 13.2 Å². The van der Waals surface area contributed by atoms with Crippen LogP contribution in [0.2, 0.25) is 0 Å². The summed E-state index contributed by atoms with van der Waals surface area (Å²) in [5.41, 5.74) is 1.88. The molecule has 1 fully saturated rings. The van der Waals surface area contributed by atoms with Gasteiger partial charge in [-0.1, -0.05) is 24.3 Å². The van der Waals surface area contributed by atoms with E-state index < -0.39 is 5.60 Å². The Morgan fingerprint density at radius 3 is 2.59 bits per heavy atom. The first-order valence-electron chi connectivity index (χ1n) is 7.69. The van der Waals surface area contributed by atoms with E-state index in [0.717, 1.165) is 32.4 Å². The van der Waals surface area contributed by atoms with Gasteiger partial charge in [-0.15, -0.1) is 12.4 Å². The molecule has 2 N–H and O–H groups in total. The lowest BCUT2D eigenvalue weighted by molar-refractivity contribution is -0.147. The van der Waals surface area contributed by atoms with Crippen molar-refractivity contribution in [1.82, 2.24) is 10.6 Å². The van der Waals surface area contributed by atoms with Crippen LogP contribution in [0.4, 0.5) is 0 Å². The molecular formula is C17H27ClN2O2. The number of benzene rings is 1. The van der Waals surface area contributed by atoms with Gasteiger partial charge in [0.1, 0.15) is 5.60 Å². The maximum atomic E-state index is 12.6. The molecule has 1 aliphatic rings. The first-order valence-corrected chi connectivity index (χ1v) is 7.69. The summed E-state index contributed by atoms with van der Waals surface area (Å²) in [7, 11) is 1.64. The Hall–Kier alpha value is -1.10. The van der Waals surface area contributed by atoms with Gasteiger partial charge in [-0.2, -0.15) is 0 Å². The predicted molar refractivity (Wildman–Crippen MR) is 91.6 cm³/mol. The fourth-order valence-electron chi connectivity index (χ4n) is 2.93. The molecule has 1 atom stereocenters. The van der Waals surface area contributed by atoms with Crippen molar-refractivity contribution in [1.29, 1.82) is 0 Å². The van der Waals surface area contributed by atoms with Crippen molar-refractivity contribution in [2.45, 2.75) is 44.8 Å². The fourth-order valence-corrected chi connectivity index (χ4v) is 2.93. The molecule has 4 nitrogen and oxygen atoms in total. The molecular weight excluding hydrogens is 300 g/mol. The summed E-state index contributed by atoms with van der Waals surface area (Å²) in [6.07, 6.45) is 2.30. The molecule has 1 saturated heterocycles. The van der Waals surface area contributed by atoms with Gasteiger partial charge in [-0.3, -0.25) is 4.79 Å². The lowest BCUT2D eigenvalue weighted by Gasteiger charge is -2.35. The normalized spacial score (nSPS) is 18.1. The van der Waals surface area contributed by atoms with Gasteiger partial charge < -0.3 is 15.4 Å². The summed E-state index contributed by atoms with van der Waals surface area (Å²) in [5, 5.41) is 6.39. The van der Waals surface area contributed by atoms with E-state index in [1.54, 1.807) is 7.11 Å². The Balaban J connectivity index is 0.00000242. The third kappa shape index (κ3) is 4.45. The molecule has 0 radical (unpaired) electrons. The van der Waals surface area contributed by atoms with Crippen molar-refractivity contribution in [2.24, 2.45) is 0 Å². The predicted octanol–water partition coefficient (Wildman–Crippen LogP) is 2.23. The van der Waals surface area contributed by atoms with Crippen LogP contribution in [-0.4, -0.2) is 37.7 Å². The molecule has 22 heavy (non-hydrogen) atoms. The van der Waals surface area contributed by atoms with Crippen molar-refractivity contribution < 1.29 is 9.53 Å². The third-order valence-corrected chi connectivity index (χ3v) is 4.38. The number of piperidine rings is 1. The average molecular weight is 327 g/mol. The van der Waals surface area contributed by atoms with Crippen molar-refractivity contribution in [2.75, 3.05) is 20.2 Å². The summed E-state index contributed by atoms with van der Waals surface area (Å²) in [5.74, 6) is 0.0209. The number of amides is 1. The van der Waals surface area contributed by atoms with Crippen LogP contribution in [0.3, 0.4) is 0 Å². The van der Waals surface area contributed by atoms with Crippen LogP contribution in [-0.2, 0) is 16.0 Å². The average Bonchev–Trinajstić information content (AvgIpc) is 2.50. The Morgan fingerprint density at radius 2 is 2.00 bits per heavy atom. The van der Waals surface area contributed by atoms with Crippen LogP contribution >= 0.6 is 12.4 Å². The van der Waals surface area contributed by atoms with Gasteiger partial charge in [0.05, 0.1) is 0 Å². The van der Waals surface area contributed by atoms with E-state index in [9.17, 15) is 4.79 Å². The van der Waals surface area contributed by atoms with E-state index in [-0.39, 0.29) is 24.4 Å². The zero-order valence-corrected chi connectivity index (χ0v) is 14.5. The molecule has 1 aromatic carbocycles. The number of methoxy groups -OCH3 is 1. The highest BCUT2D eigenvalue weighted by Crippen LogP contribution is 2.23. The topological polar surface area (TPSA) is 50.4 Å². The van der Waals surface area contributed by atoms with Crippen molar-refractivity contribution in [3.8, 4) is 0 Å². The molecule has 0 bridgehead atoms. The zero-order chi connectivity index (χ0) is 15.3. The van der Waals surface area contributed by atoms with Crippen LogP contribution in [0, 0.1) is 6.92 Å². The second kappa shape index (κ2) is 8.51. The molecule has 1 heterocycles. The van der Waals surface area contributed by atoms with Gasteiger partial charge >= 0.3 is 0 Å². The summed E-state index contributed by atoms with van der Waals surface area (Å²) in [6, 6.07) is 8.40. The lowest BCUT2D eigenvalue weighted by Crippen LogP contribution is -2.55. The first kappa shape index (κ1) is 18.9. The molecule has 0 spiro atoms. The SMILES string of the molecule is COC1(C(=O)NC(C)Cc2ccccc2C)CCNCC1.Cl. The van der Waals surface area contributed by atoms with Gasteiger partial charge in [0.2, 0.25) is 0 Å². The number of hydrogen-bond acceptors (Lipinski definition) is 3. The monoisotopic (exact) mass is 326 g/mol. The second-order valence-electron chi connectivity index (χ2n) is 5.95. The van der Waals surface area contributed by atoms with Crippen LogP contribution in [0.15, 0.2) is 24.3 Å². The van der Waals surface area contributed by atoms with Crippen LogP contribution in [0.5, 0.6) is 0 Å². The Bertz CT molecular complexity index is 487. The van der Waals surface area contributed by atoms with E-state index in [1.165, 1.54) is 11.1 Å². The largest absolute Gasteiger partial charge is 0.368 e. The molecule has 1 amide bonds. The number of nitrogens with one attached hydrogen (secondary N) is 2. The quantitative estimate of drug-likeness (QED) is 0.872. The summed E-state index contributed by atoms with van der Waals surface area (Å²) in [6.45, 7) is 5.81. The fraction of sp³-hybridized carbons (Fsp3) is 0.588. The van der Waals surface area contributed by atoms with Crippen molar-refractivity contribution >= 4 is 18.3 Å². The third-order valence-electron chi connectivity index (χ3n) is 4.38. The van der Waals surface area contributed by atoms with Gasteiger partial charge in [-0.25, -0.2) is 0 Å². The van der Waals surface area contributed by atoms with E-state index >= 15 is 0 Å². The minimum Gasteiger partial charge on any atom is -0.368 e. The van der Waals surface area contributed by atoms with Crippen molar-refractivity contribution in [3.05, 3.63) is 35.4 Å². The Kier molecular flexibility index (Phi) is 7.33. The summed E-state index contributed by atoms with van der Waals surface area (Å²) >= 11 is 0. The molecule has 5 heteroatoms. The number of halogens is 1. The lowest BCUT2D eigenvalue weighted by atomic mass is 9.90. The van der Waals surface area contributed by atoms with E-state index in [0.29, 0.717) is 0 Å². The maximum Gasteiger partial charge on any atom is 0.252 e. The van der Waals surface area contributed by atoms with E-state index in [4.69, 9.17) is 4.74 Å². The smallest absolute Gasteiger partial charge is 0.252 e. The van der Waals surface area contributed by atoms with Crippen LogP contribution in [0.25, 0.3) is 0 Å². The number of rotatable bonds is 5. The molecule has 0 aliphatic carbocycles. The molecule has 124 valence electrons. The highest BCUT2D eigenvalue weighted by Gasteiger charge is 2.40. The van der Waals surface area contributed by atoms with Crippen molar-refractivity contribution in [3.63, 3.8) is 0 Å². The minimum atomic E-state index is -0.661. The molecule has 1 aliphatic heterocycles.